The van der Waals surface area contributed by atoms with Crippen molar-refractivity contribution in [1.82, 2.24) is 5.32 Å². The molecule has 94 valence electrons. The fourth-order valence-electron chi connectivity index (χ4n) is 2.39. The van der Waals surface area contributed by atoms with Gasteiger partial charge in [0.2, 0.25) is 0 Å². The lowest BCUT2D eigenvalue weighted by molar-refractivity contribution is 0.325. The summed E-state index contributed by atoms with van der Waals surface area (Å²) in [6.45, 7) is 7.87. The first-order chi connectivity index (χ1) is 8.03. The van der Waals surface area contributed by atoms with Gasteiger partial charge in [0, 0.05) is 12.6 Å². The van der Waals surface area contributed by atoms with E-state index < -0.39 is 0 Å². The van der Waals surface area contributed by atoms with Crippen molar-refractivity contribution in [2.24, 2.45) is 11.3 Å². The van der Waals surface area contributed by atoms with Crippen LogP contribution in [0.1, 0.15) is 45.2 Å². The number of nitrogens with one attached hydrogen (secondary N) is 1. The summed E-state index contributed by atoms with van der Waals surface area (Å²) in [7, 11) is 0. The van der Waals surface area contributed by atoms with E-state index in [1.54, 1.807) is 6.07 Å². The van der Waals surface area contributed by atoms with E-state index in [-0.39, 0.29) is 0 Å². The first-order valence-corrected chi connectivity index (χ1v) is 6.56. The van der Waals surface area contributed by atoms with E-state index in [2.05, 4.69) is 32.2 Å². The van der Waals surface area contributed by atoms with Gasteiger partial charge in [-0.2, -0.15) is 0 Å². The zero-order valence-electron chi connectivity index (χ0n) is 11.0. The highest BCUT2D eigenvalue weighted by Crippen LogP contribution is 2.51. The maximum atomic E-state index is 9.46. The molecule has 0 spiro atoms. The minimum Gasteiger partial charge on any atom is -0.508 e. The van der Waals surface area contributed by atoms with Crippen LogP contribution in [0.15, 0.2) is 24.3 Å². The fraction of sp³-hybridized carbons (Fsp3) is 0.600. The van der Waals surface area contributed by atoms with E-state index in [9.17, 15) is 5.11 Å². The minimum absolute atomic E-state index is 0.304. The Bertz CT molecular complexity index is 382. The molecule has 2 heteroatoms. The number of hydrogen-bond acceptors (Lipinski definition) is 2. The van der Waals surface area contributed by atoms with Gasteiger partial charge >= 0.3 is 0 Å². The van der Waals surface area contributed by atoms with E-state index in [4.69, 9.17) is 0 Å². The molecule has 0 saturated heterocycles. The Kier molecular flexibility index (Phi) is 3.43. The van der Waals surface area contributed by atoms with Gasteiger partial charge in [0.1, 0.15) is 5.75 Å². The molecule has 2 rings (SSSR count). The number of benzene rings is 1. The van der Waals surface area contributed by atoms with Gasteiger partial charge in [-0.05, 0) is 48.8 Å². The van der Waals surface area contributed by atoms with Crippen LogP contribution in [-0.2, 0) is 0 Å². The van der Waals surface area contributed by atoms with Gasteiger partial charge < -0.3 is 10.4 Å². The van der Waals surface area contributed by atoms with Crippen molar-refractivity contribution in [2.45, 2.75) is 39.7 Å². The Labute approximate surface area is 104 Å². The average molecular weight is 233 g/mol. The second kappa shape index (κ2) is 4.69. The largest absolute Gasteiger partial charge is 0.508 e. The first-order valence-electron chi connectivity index (χ1n) is 6.56. The number of hydrogen-bond donors (Lipinski definition) is 2. The van der Waals surface area contributed by atoms with E-state index in [0.29, 0.717) is 17.2 Å². The van der Waals surface area contributed by atoms with Crippen molar-refractivity contribution in [3.05, 3.63) is 29.8 Å². The van der Waals surface area contributed by atoms with Crippen molar-refractivity contribution in [3.8, 4) is 5.75 Å². The fourth-order valence-corrected chi connectivity index (χ4v) is 2.39. The zero-order chi connectivity index (χ0) is 12.5. The molecule has 1 aliphatic carbocycles. The Morgan fingerprint density at radius 2 is 2.00 bits per heavy atom. The molecular formula is C15H23NO. The molecule has 17 heavy (non-hydrogen) atoms. The minimum atomic E-state index is 0.304. The highest BCUT2D eigenvalue weighted by molar-refractivity contribution is 5.29. The van der Waals surface area contributed by atoms with Crippen LogP contribution in [-0.4, -0.2) is 11.7 Å². The quantitative estimate of drug-likeness (QED) is 0.816. The Balaban J connectivity index is 1.92. The topological polar surface area (TPSA) is 32.3 Å². The van der Waals surface area contributed by atoms with Gasteiger partial charge in [0.05, 0.1) is 0 Å². The van der Waals surface area contributed by atoms with Crippen LogP contribution in [0.2, 0.25) is 0 Å². The molecule has 2 N–H and O–H groups in total. The summed E-state index contributed by atoms with van der Waals surface area (Å²) in [5, 5.41) is 13.1. The second-order valence-corrected chi connectivity index (χ2v) is 5.71. The highest BCUT2D eigenvalue weighted by atomic mass is 16.3. The molecular weight excluding hydrogens is 210 g/mol. The van der Waals surface area contributed by atoms with Crippen LogP contribution in [0.25, 0.3) is 0 Å². The third kappa shape index (κ3) is 2.81. The molecule has 1 unspecified atom stereocenters. The normalized spacial score (nSPS) is 19.3. The number of aromatic hydroxyl groups is 1. The number of phenols is 1. The van der Waals surface area contributed by atoms with Gasteiger partial charge in [0.15, 0.2) is 0 Å². The summed E-state index contributed by atoms with van der Waals surface area (Å²) in [6.07, 6.45) is 2.70. The van der Waals surface area contributed by atoms with Gasteiger partial charge in [-0.15, -0.1) is 0 Å². The predicted molar refractivity (Wildman–Crippen MR) is 71.0 cm³/mol. The van der Waals surface area contributed by atoms with Crippen LogP contribution in [0, 0.1) is 11.3 Å². The lowest BCUT2D eigenvalue weighted by Gasteiger charge is -2.23. The van der Waals surface area contributed by atoms with Crippen molar-refractivity contribution in [2.75, 3.05) is 6.54 Å². The maximum absolute atomic E-state index is 9.46. The summed E-state index contributed by atoms with van der Waals surface area (Å²) in [5.74, 6) is 1.10. The van der Waals surface area contributed by atoms with Gasteiger partial charge in [-0.1, -0.05) is 26.0 Å². The lowest BCUT2D eigenvalue weighted by atomic mass is 9.92. The molecule has 0 bridgehead atoms. The SMILES string of the molecule is CC(NCC1(C(C)C)CC1)c1cccc(O)c1. The number of rotatable bonds is 5. The zero-order valence-corrected chi connectivity index (χ0v) is 11.0. The van der Waals surface area contributed by atoms with Crippen LogP contribution < -0.4 is 5.32 Å². The third-order valence-electron chi connectivity index (χ3n) is 4.25. The van der Waals surface area contributed by atoms with Gasteiger partial charge in [-0.25, -0.2) is 0 Å². The van der Waals surface area contributed by atoms with E-state index >= 15 is 0 Å². The number of phenolic OH excluding ortho intramolecular Hbond substituents is 1. The summed E-state index contributed by atoms with van der Waals surface area (Å²) in [6, 6.07) is 7.82. The molecule has 1 atom stereocenters. The van der Waals surface area contributed by atoms with Crippen molar-refractivity contribution in [1.29, 1.82) is 0 Å². The standard InChI is InChI=1S/C15H23NO/c1-11(2)15(7-8-15)10-16-12(3)13-5-4-6-14(17)9-13/h4-6,9,11-12,16-17H,7-8,10H2,1-3H3. The molecule has 1 fully saturated rings. The van der Waals surface area contributed by atoms with Crippen molar-refractivity contribution >= 4 is 0 Å². The van der Waals surface area contributed by atoms with Crippen LogP contribution >= 0.6 is 0 Å². The van der Waals surface area contributed by atoms with Gasteiger partial charge in [0.25, 0.3) is 0 Å². The van der Waals surface area contributed by atoms with Gasteiger partial charge in [-0.3, -0.25) is 0 Å². The highest BCUT2D eigenvalue weighted by Gasteiger charge is 2.44. The van der Waals surface area contributed by atoms with Crippen LogP contribution in [0.4, 0.5) is 0 Å². The summed E-state index contributed by atoms with van der Waals surface area (Å²) < 4.78 is 0. The summed E-state index contributed by atoms with van der Waals surface area (Å²) in [5.41, 5.74) is 1.69. The lowest BCUT2D eigenvalue weighted by Crippen LogP contribution is -2.29. The average Bonchev–Trinajstić information content (AvgIpc) is 3.07. The molecule has 1 saturated carbocycles. The van der Waals surface area contributed by atoms with Crippen molar-refractivity contribution < 1.29 is 5.11 Å². The Morgan fingerprint density at radius 3 is 2.53 bits per heavy atom. The summed E-state index contributed by atoms with van der Waals surface area (Å²) >= 11 is 0. The summed E-state index contributed by atoms with van der Waals surface area (Å²) in [4.78, 5) is 0. The second-order valence-electron chi connectivity index (χ2n) is 5.71. The molecule has 2 nitrogen and oxygen atoms in total. The third-order valence-corrected chi connectivity index (χ3v) is 4.25. The molecule has 0 aromatic heterocycles. The molecule has 0 amide bonds. The maximum Gasteiger partial charge on any atom is 0.115 e. The Morgan fingerprint density at radius 1 is 1.29 bits per heavy atom. The molecule has 1 aromatic rings. The monoisotopic (exact) mass is 233 g/mol. The Hall–Kier alpha value is -1.02. The molecule has 1 aromatic carbocycles. The molecule has 1 aliphatic rings. The molecule has 0 heterocycles. The van der Waals surface area contributed by atoms with E-state index in [1.165, 1.54) is 12.8 Å². The van der Waals surface area contributed by atoms with Crippen LogP contribution in [0.3, 0.4) is 0 Å². The predicted octanol–water partition coefficient (Wildman–Crippen LogP) is 3.48. The van der Waals surface area contributed by atoms with E-state index in [1.807, 2.05) is 12.1 Å². The smallest absolute Gasteiger partial charge is 0.115 e. The molecule has 0 aliphatic heterocycles. The first kappa shape index (κ1) is 12.4. The van der Waals surface area contributed by atoms with E-state index in [0.717, 1.165) is 18.0 Å². The molecule has 0 radical (unpaired) electrons. The van der Waals surface area contributed by atoms with Crippen LogP contribution in [0.5, 0.6) is 5.75 Å². The van der Waals surface area contributed by atoms with Crippen molar-refractivity contribution in [3.63, 3.8) is 0 Å².